The van der Waals surface area contributed by atoms with Gasteiger partial charge in [-0.25, -0.2) is 0 Å². The summed E-state index contributed by atoms with van der Waals surface area (Å²) in [6.07, 6.45) is 0. The number of hydrogen-bond donors (Lipinski definition) is 4. The molecular formula is C7H8O4. The summed E-state index contributed by atoms with van der Waals surface area (Å²) in [5.41, 5.74) is -0.0648. The van der Waals surface area contributed by atoms with Crippen LogP contribution in [0, 0.1) is 0 Å². The summed E-state index contributed by atoms with van der Waals surface area (Å²) in [6.45, 7) is -0.508. The van der Waals surface area contributed by atoms with E-state index in [2.05, 4.69) is 0 Å². The molecule has 0 bridgehead atoms. The van der Waals surface area contributed by atoms with E-state index in [-0.39, 0.29) is 17.1 Å². The summed E-state index contributed by atoms with van der Waals surface area (Å²) in [7, 11) is 0. The van der Waals surface area contributed by atoms with Crippen LogP contribution in [0.15, 0.2) is 12.1 Å². The van der Waals surface area contributed by atoms with Gasteiger partial charge >= 0.3 is 0 Å². The summed E-state index contributed by atoms with van der Waals surface area (Å²) >= 11 is 0. The largest absolute Gasteiger partial charge is 0.507 e. The Balaban J connectivity index is 3.29. The van der Waals surface area contributed by atoms with E-state index in [1.807, 2.05) is 0 Å². The molecule has 1 aromatic carbocycles. The first-order valence-corrected chi connectivity index (χ1v) is 3.00. The number of aromatic hydroxyl groups is 3. The smallest absolute Gasteiger partial charge is 0.166 e. The fourth-order valence-corrected chi connectivity index (χ4v) is 0.769. The molecule has 4 nitrogen and oxygen atoms in total. The zero-order chi connectivity index (χ0) is 8.43. The first kappa shape index (κ1) is 7.68. The van der Waals surface area contributed by atoms with Crippen LogP contribution in [0.25, 0.3) is 0 Å². The van der Waals surface area contributed by atoms with Crippen molar-refractivity contribution in [3.63, 3.8) is 0 Å². The highest BCUT2D eigenvalue weighted by Gasteiger charge is 2.09. The first-order chi connectivity index (χ1) is 5.16. The molecule has 0 saturated carbocycles. The quantitative estimate of drug-likeness (QED) is 0.348. The number of hydrogen-bond acceptors (Lipinski definition) is 4. The van der Waals surface area contributed by atoms with Crippen LogP contribution in [0.2, 0.25) is 0 Å². The molecule has 0 spiro atoms. The minimum atomic E-state index is -0.508. The highest BCUT2D eigenvalue weighted by Crippen LogP contribution is 2.34. The molecule has 0 heterocycles. The molecule has 0 aromatic heterocycles. The molecule has 60 valence electrons. The van der Waals surface area contributed by atoms with Crippen LogP contribution in [0.5, 0.6) is 17.2 Å². The molecule has 4 heteroatoms. The molecule has 0 unspecified atom stereocenters. The molecular weight excluding hydrogens is 148 g/mol. The van der Waals surface area contributed by atoms with Gasteiger partial charge in [0.15, 0.2) is 11.5 Å². The Labute approximate surface area is 63.0 Å². The Morgan fingerprint density at radius 3 is 2.00 bits per heavy atom. The molecule has 0 saturated heterocycles. The van der Waals surface area contributed by atoms with Gasteiger partial charge in [0.2, 0.25) is 0 Å². The monoisotopic (exact) mass is 156 g/mol. The lowest BCUT2D eigenvalue weighted by atomic mass is 10.2. The van der Waals surface area contributed by atoms with Gasteiger partial charge < -0.3 is 20.4 Å². The second kappa shape index (κ2) is 2.67. The van der Waals surface area contributed by atoms with Crippen molar-refractivity contribution in [1.82, 2.24) is 0 Å². The summed E-state index contributed by atoms with van der Waals surface area (Å²) in [5, 5.41) is 35.5. The van der Waals surface area contributed by atoms with Gasteiger partial charge in [-0.2, -0.15) is 0 Å². The molecule has 0 amide bonds. The Morgan fingerprint density at radius 2 is 1.55 bits per heavy atom. The van der Waals surface area contributed by atoms with Gasteiger partial charge in [-0.05, 0) is 12.1 Å². The zero-order valence-electron chi connectivity index (χ0n) is 5.65. The van der Waals surface area contributed by atoms with Crippen LogP contribution in [0.4, 0.5) is 0 Å². The minimum Gasteiger partial charge on any atom is -0.507 e. The second-order valence-corrected chi connectivity index (χ2v) is 2.09. The Kier molecular flexibility index (Phi) is 1.87. The fraction of sp³-hybridized carbons (Fsp3) is 0.143. The van der Waals surface area contributed by atoms with Gasteiger partial charge in [-0.3, -0.25) is 0 Å². The van der Waals surface area contributed by atoms with Crippen molar-refractivity contribution in [3.05, 3.63) is 17.7 Å². The highest BCUT2D eigenvalue weighted by molar-refractivity contribution is 5.51. The van der Waals surface area contributed by atoms with Crippen molar-refractivity contribution in [1.29, 1.82) is 0 Å². The standard InChI is InChI=1S/C7H8O4/c8-3-4-5(9)1-2-6(10)7(4)11/h1-2,8-11H,3H2. The topological polar surface area (TPSA) is 80.9 Å². The van der Waals surface area contributed by atoms with Crippen molar-refractivity contribution < 1.29 is 20.4 Å². The first-order valence-electron chi connectivity index (χ1n) is 3.00. The van der Waals surface area contributed by atoms with E-state index in [9.17, 15) is 0 Å². The van der Waals surface area contributed by atoms with Crippen molar-refractivity contribution in [2.24, 2.45) is 0 Å². The van der Waals surface area contributed by atoms with Gasteiger partial charge in [0.25, 0.3) is 0 Å². The number of rotatable bonds is 1. The maximum absolute atomic E-state index is 9.01. The van der Waals surface area contributed by atoms with Crippen LogP contribution < -0.4 is 0 Å². The molecule has 0 atom stereocenters. The van der Waals surface area contributed by atoms with E-state index >= 15 is 0 Å². The number of phenols is 3. The van der Waals surface area contributed by atoms with Crippen molar-refractivity contribution in [3.8, 4) is 17.2 Å². The van der Waals surface area contributed by atoms with Gasteiger partial charge in [0, 0.05) is 0 Å². The maximum Gasteiger partial charge on any atom is 0.166 e. The van der Waals surface area contributed by atoms with E-state index in [1.54, 1.807) is 0 Å². The van der Waals surface area contributed by atoms with E-state index in [4.69, 9.17) is 20.4 Å². The lowest BCUT2D eigenvalue weighted by molar-refractivity contribution is 0.266. The van der Waals surface area contributed by atoms with Crippen LogP contribution in [0.3, 0.4) is 0 Å². The molecule has 1 rings (SSSR count). The predicted octanol–water partition coefficient (Wildman–Crippen LogP) is 0.296. The van der Waals surface area contributed by atoms with Gasteiger partial charge in [0.1, 0.15) is 5.75 Å². The zero-order valence-corrected chi connectivity index (χ0v) is 5.65. The third kappa shape index (κ3) is 1.20. The SMILES string of the molecule is OCc1c(O)ccc(O)c1O. The number of aliphatic hydroxyl groups excluding tert-OH is 1. The molecule has 0 radical (unpaired) electrons. The third-order valence-electron chi connectivity index (χ3n) is 1.39. The van der Waals surface area contributed by atoms with E-state index in [1.165, 1.54) is 6.07 Å². The summed E-state index contributed by atoms with van der Waals surface area (Å²) in [6, 6.07) is 2.34. The van der Waals surface area contributed by atoms with Crippen molar-refractivity contribution >= 4 is 0 Å². The molecule has 4 N–H and O–H groups in total. The minimum absolute atomic E-state index is 0.0648. The predicted molar refractivity (Wildman–Crippen MR) is 37.4 cm³/mol. The van der Waals surface area contributed by atoms with Crippen molar-refractivity contribution in [2.45, 2.75) is 6.61 Å². The maximum atomic E-state index is 9.01. The fourth-order valence-electron chi connectivity index (χ4n) is 0.769. The van der Waals surface area contributed by atoms with Gasteiger partial charge in [-0.1, -0.05) is 0 Å². The van der Waals surface area contributed by atoms with Gasteiger partial charge in [-0.15, -0.1) is 0 Å². The summed E-state index contributed by atoms with van der Waals surface area (Å²) < 4.78 is 0. The normalized spacial score (nSPS) is 9.91. The average Bonchev–Trinajstić information content (AvgIpc) is 1.99. The number of aliphatic hydroxyl groups is 1. The molecule has 0 aliphatic carbocycles. The molecule has 0 aliphatic rings. The summed E-state index contributed by atoms with van der Waals surface area (Å²) in [4.78, 5) is 0. The van der Waals surface area contributed by atoms with E-state index in [0.29, 0.717) is 0 Å². The lowest BCUT2D eigenvalue weighted by Crippen LogP contribution is -1.85. The Morgan fingerprint density at radius 1 is 1.00 bits per heavy atom. The van der Waals surface area contributed by atoms with Gasteiger partial charge in [0.05, 0.1) is 12.2 Å². The highest BCUT2D eigenvalue weighted by atomic mass is 16.3. The third-order valence-corrected chi connectivity index (χ3v) is 1.39. The Hall–Kier alpha value is -1.42. The van der Waals surface area contributed by atoms with E-state index < -0.39 is 12.4 Å². The van der Waals surface area contributed by atoms with Crippen molar-refractivity contribution in [2.75, 3.05) is 0 Å². The number of benzene rings is 1. The molecule has 1 aromatic rings. The molecule has 11 heavy (non-hydrogen) atoms. The van der Waals surface area contributed by atoms with Crippen LogP contribution in [0.1, 0.15) is 5.56 Å². The van der Waals surface area contributed by atoms with Crippen LogP contribution in [-0.2, 0) is 6.61 Å². The average molecular weight is 156 g/mol. The van der Waals surface area contributed by atoms with E-state index in [0.717, 1.165) is 6.07 Å². The number of phenolic OH excluding ortho intramolecular Hbond substituents is 1. The second-order valence-electron chi connectivity index (χ2n) is 2.09. The molecule has 0 fully saturated rings. The Bertz CT molecular complexity index is 269. The summed E-state index contributed by atoms with van der Waals surface area (Å²) in [5.74, 6) is -1.07. The lowest BCUT2D eigenvalue weighted by Gasteiger charge is -2.04. The molecule has 0 aliphatic heterocycles. The van der Waals surface area contributed by atoms with Crippen LogP contribution >= 0.6 is 0 Å². The van der Waals surface area contributed by atoms with Crippen LogP contribution in [-0.4, -0.2) is 20.4 Å².